The maximum atomic E-state index is 2.45. The van der Waals surface area contributed by atoms with E-state index in [4.69, 9.17) is 0 Å². The van der Waals surface area contributed by atoms with Crippen LogP contribution in [-0.4, -0.2) is 0 Å². The topological polar surface area (TPSA) is 3.24 Å². The van der Waals surface area contributed by atoms with Crippen LogP contribution in [0.3, 0.4) is 0 Å². The molecule has 0 spiro atoms. The maximum Gasteiger partial charge on any atom is 0.0540 e. The van der Waals surface area contributed by atoms with Gasteiger partial charge in [-0.3, -0.25) is 0 Å². The monoisotopic (exact) mass is 877 g/mol. The first-order chi connectivity index (χ1) is 34.2. The molecule has 0 aliphatic rings. The summed E-state index contributed by atoms with van der Waals surface area (Å²) < 4.78 is 0. The van der Waals surface area contributed by atoms with E-state index in [0.29, 0.717) is 0 Å². The number of nitrogens with zero attached hydrogens (tertiary/aromatic N) is 1. The molecule has 0 fully saturated rings. The Labute approximate surface area is 404 Å². The van der Waals surface area contributed by atoms with Gasteiger partial charge < -0.3 is 4.90 Å². The molecule has 69 heavy (non-hydrogen) atoms. The zero-order valence-corrected chi connectivity index (χ0v) is 38.1. The molecule has 0 saturated carbocycles. The Balaban J connectivity index is 1.07. The molecule has 1 heteroatoms. The Kier molecular flexibility index (Phi) is 11.0. The zero-order chi connectivity index (χ0) is 45.9. The van der Waals surface area contributed by atoms with Crippen molar-refractivity contribution in [2.45, 2.75) is 0 Å². The lowest BCUT2D eigenvalue weighted by molar-refractivity contribution is 1.28. The molecule has 12 rings (SSSR count). The van der Waals surface area contributed by atoms with Crippen molar-refractivity contribution in [2.75, 3.05) is 4.90 Å². The van der Waals surface area contributed by atoms with Crippen LogP contribution in [0.4, 0.5) is 17.1 Å². The number of hydrogen-bond donors (Lipinski definition) is 0. The highest BCUT2D eigenvalue weighted by atomic mass is 15.1. The van der Waals surface area contributed by atoms with Crippen LogP contribution in [0.2, 0.25) is 0 Å². The van der Waals surface area contributed by atoms with Gasteiger partial charge in [-0.15, -0.1) is 0 Å². The lowest BCUT2D eigenvalue weighted by Gasteiger charge is -2.29. The summed E-state index contributed by atoms with van der Waals surface area (Å²) in [6.07, 6.45) is 0. The first-order valence-corrected chi connectivity index (χ1v) is 23.7. The molecule has 324 valence electrons. The van der Waals surface area contributed by atoms with Crippen molar-refractivity contribution in [3.8, 4) is 77.9 Å². The van der Waals surface area contributed by atoms with Crippen LogP contribution >= 0.6 is 0 Å². The van der Waals surface area contributed by atoms with Gasteiger partial charge in [0.2, 0.25) is 0 Å². The molecule has 0 aliphatic heterocycles. The second kappa shape index (κ2) is 18.3. The quantitative estimate of drug-likeness (QED) is 0.124. The SMILES string of the molecule is c1ccc(-c2ccc(-c3ccc(N(c4cc(-c5ccccc5)cc(-c5ccccc5)c4)c4ccccc4-c4ccc5c(c4)c(-c4ccccc4)c(-c4ccccc4)c4ccccc45)cc3)cc2)cc1. The van der Waals surface area contributed by atoms with Crippen LogP contribution < -0.4 is 4.90 Å². The standard InChI is InChI=1S/C68H47N/c1-6-20-48(21-7-1)51-34-36-52(37-35-51)53-38-41-59(42-39-53)69(60-45-57(49-22-8-2-9-23-49)44-58(46-60)50-24-10-3-11-25-50)66-33-19-18-30-61(66)56-40-43-63-62-31-16-17-32-64(62)67(54-26-12-4-13-27-54)68(65(63)47-56)55-28-14-5-15-29-55/h1-47H. The van der Waals surface area contributed by atoms with E-state index < -0.39 is 0 Å². The van der Waals surface area contributed by atoms with E-state index in [1.165, 1.54) is 77.2 Å². The highest BCUT2D eigenvalue weighted by molar-refractivity contribution is 6.22. The highest BCUT2D eigenvalue weighted by Gasteiger charge is 2.22. The summed E-state index contributed by atoms with van der Waals surface area (Å²) in [5.74, 6) is 0. The van der Waals surface area contributed by atoms with Crippen molar-refractivity contribution < 1.29 is 0 Å². The van der Waals surface area contributed by atoms with E-state index in [-0.39, 0.29) is 0 Å². The molecule has 0 N–H and O–H groups in total. The third kappa shape index (κ3) is 8.07. The van der Waals surface area contributed by atoms with Crippen molar-refractivity contribution in [3.05, 3.63) is 285 Å². The first-order valence-electron chi connectivity index (χ1n) is 23.7. The number of para-hydroxylation sites is 1. The van der Waals surface area contributed by atoms with E-state index in [2.05, 4.69) is 290 Å². The number of hydrogen-bond acceptors (Lipinski definition) is 1. The van der Waals surface area contributed by atoms with Crippen molar-refractivity contribution in [1.82, 2.24) is 0 Å². The minimum absolute atomic E-state index is 1.07. The molecule has 0 aliphatic carbocycles. The number of rotatable bonds is 10. The summed E-state index contributed by atoms with van der Waals surface area (Å²) in [7, 11) is 0. The van der Waals surface area contributed by atoms with Gasteiger partial charge in [-0.05, 0) is 136 Å². The second-order valence-electron chi connectivity index (χ2n) is 17.6. The summed E-state index contributed by atoms with van der Waals surface area (Å²) >= 11 is 0. The van der Waals surface area contributed by atoms with Crippen LogP contribution in [0.15, 0.2) is 285 Å². The van der Waals surface area contributed by atoms with Gasteiger partial charge in [-0.25, -0.2) is 0 Å². The van der Waals surface area contributed by atoms with E-state index in [0.717, 1.165) is 39.3 Å². The lowest BCUT2D eigenvalue weighted by atomic mass is 9.84. The molecule has 0 aromatic heterocycles. The average molecular weight is 878 g/mol. The van der Waals surface area contributed by atoms with E-state index >= 15 is 0 Å². The van der Waals surface area contributed by atoms with Crippen LogP contribution in [0.1, 0.15) is 0 Å². The minimum Gasteiger partial charge on any atom is -0.310 e. The average Bonchev–Trinajstić information content (AvgIpc) is 3.44. The Morgan fingerprint density at radius 2 is 0.551 bits per heavy atom. The molecular formula is C68H47N. The third-order valence-electron chi connectivity index (χ3n) is 13.4. The molecule has 0 atom stereocenters. The summed E-state index contributed by atoms with van der Waals surface area (Å²) in [4.78, 5) is 2.45. The van der Waals surface area contributed by atoms with Crippen molar-refractivity contribution in [2.24, 2.45) is 0 Å². The van der Waals surface area contributed by atoms with Crippen molar-refractivity contribution >= 4 is 38.6 Å². The lowest BCUT2D eigenvalue weighted by Crippen LogP contribution is -2.11. The molecule has 0 radical (unpaired) electrons. The summed E-state index contributed by atoms with van der Waals surface area (Å²) in [6.45, 7) is 0. The largest absolute Gasteiger partial charge is 0.310 e. The van der Waals surface area contributed by atoms with E-state index in [9.17, 15) is 0 Å². The molecule has 1 nitrogen and oxygen atoms in total. The van der Waals surface area contributed by atoms with Gasteiger partial charge >= 0.3 is 0 Å². The first kappa shape index (κ1) is 41.4. The molecule has 0 unspecified atom stereocenters. The number of fused-ring (bicyclic) bond motifs is 3. The normalized spacial score (nSPS) is 11.2. The van der Waals surface area contributed by atoms with Crippen LogP contribution in [0.5, 0.6) is 0 Å². The third-order valence-corrected chi connectivity index (χ3v) is 13.4. The van der Waals surface area contributed by atoms with Gasteiger partial charge in [-0.1, -0.05) is 243 Å². The molecular weight excluding hydrogens is 831 g/mol. The fourth-order valence-electron chi connectivity index (χ4n) is 10.1. The van der Waals surface area contributed by atoms with Crippen molar-refractivity contribution in [3.63, 3.8) is 0 Å². The smallest absolute Gasteiger partial charge is 0.0540 e. The molecule has 12 aromatic carbocycles. The van der Waals surface area contributed by atoms with Gasteiger partial charge in [-0.2, -0.15) is 0 Å². The molecule has 0 amide bonds. The van der Waals surface area contributed by atoms with Crippen LogP contribution in [0, 0.1) is 0 Å². The fourth-order valence-corrected chi connectivity index (χ4v) is 10.1. The molecule has 0 bridgehead atoms. The zero-order valence-electron chi connectivity index (χ0n) is 38.1. The number of benzene rings is 12. The second-order valence-corrected chi connectivity index (χ2v) is 17.6. The Bertz CT molecular complexity index is 3660. The van der Waals surface area contributed by atoms with Gasteiger partial charge in [0.25, 0.3) is 0 Å². The van der Waals surface area contributed by atoms with Crippen molar-refractivity contribution in [1.29, 1.82) is 0 Å². The Morgan fingerprint density at radius 3 is 1.07 bits per heavy atom. The Morgan fingerprint density at radius 1 is 0.188 bits per heavy atom. The predicted molar refractivity (Wildman–Crippen MR) is 294 cm³/mol. The maximum absolute atomic E-state index is 2.45. The van der Waals surface area contributed by atoms with Gasteiger partial charge in [0.1, 0.15) is 0 Å². The Hall–Kier alpha value is -9.04. The summed E-state index contributed by atoms with van der Waals surface area (Å²) in [5.41, 5.74) is 19.8. The molecule has 0 saturated heterocycles. The number of anilines is 3. The van der Waals surface area contributed by atoms with Gasteiger partial charge in [0.15, 0.2) is 0 Å². The van der Waals surface area contributed by atoms with Gasteiger partial charge in [0, 0.05) is 16.9 Å². The highest BCUT2D eigenvalue weighted by Crippen LogP contribution is 2.48. The predicted octanol–water partition coefficient (Wildman–Crippen LogP) is 19.1. The summed E-state index contributed by atoms with van der Waals surface area (Å²) in [5, 5.41) is 4.95. The van der Waals surface area contributed by atoms with Gasteiger partial charge in [0.05, 0.1) is 5.69 Å². The van der Waals surface area contributed by atoms with E-state index in [1.807, 2.05) is 0 Å². The minimum atomic E-state index is 1.07. The van der Waals surface area contributed by atoms with E-state index in [1.54, 1.807) is 0 Å². The molecule has 12 aromatic rings. The molecule has 0 heterocycles. The summed E-state index contributed by atoms with van der Waals surface area (Å²) in [6, 6.07) is 104. The fraction of sp³-hybridized carbons (Fsp3) is 0. The van der Waals surface area contributed by atoms with Crippen LogP contribution in [0.25, 0.3) is 99.4 Å². The van der Waals surface area contributed by atoms with Crippen LogP contribution in [-0.2, 0) is 0 Å².